The maximum Gasteiger partial charge on any atom is 0.303 e. The number of hydrogen-bond donors (Lipinski definition) is 1. The lowest BCUT2D eigenvalue weighted by molar-refractivity contribution is -0.142. The van der Waals surface area contributed by atoms with Crippen LogP contribution in [0.15, 0.2) is 0 Å². The third kappa shape index (κ3) is 3.78. The molecule has 3 unspecified atom stereocenters. The average Bonchev–Trinajstić information content (AvgIpc) is 2.70. The highest BCUT2D eigenvalue weighted by Crippen LogP contribution is 2.41. The van der Waals surface area contributed by atoms with Crippen LogP contribution in [0, 0.1) is 11.8 Å². The Morgan fingerprint density at radius 2 is 1.81 bits per heavy atom. The van der Waals surface area contributed by atoms with E-state index in [1.165, 1.54) is 0 Å². The molecule has 2 bridgehead atoms. The Kier molecular flexibility index (Phi) is 5.65. The Balaban J connectivity index is 1.98. The molecular weight excluding hydrogens is 266 g/mol. The lowest BCUT2D eigenvalue weighted by Gasteiger charge is -2.40. The van der Waals surface area contributed by atoms with E-state index in [4.69, 9.17) is 5.11 Å². The third-order valence-electron chi connectivity index (χ3n) is 5.30. The molecule has 0 saturated carbocycles. The van der Waals surface area contributed by atoms with Crippen molar-refractivity contribution in [2.24, 2.45) is 11.8 Å². The molecule has 2 aliphatic heterocycles. The van der Waals surface area contributed by atoms with Gasteiger partial charge in [-0.05, 0) is 44.4 Å². The quantitative estimate of drug-likeness (QED) is 0.782. The van der Waals surface area contributed by atoms with Crippen LogP contribution in [0.5, 0.6) is 0 Å². The summed E-state index contributed by atoms with van der Waals surface area (Å²) < 4.78 is 0. The number of carbonyl (C=O) groups is 2. The monoisotopic (exact) mass is 295 g/mol. The van der Waals surface area contributed by atoms with Gasteiger partial charge in [0.1, 0.15) is 0 Å². The summed E-state index contributed by atoms with van der Waals surface area (Å²) >= 11 is 0. The molecule has 1 N–H and O–H groups in total. The van der Waals surface area contributed by atoms with Crippen molar-refractivity contribution < 1.29 is 14.7 Å². The van der Waals surface area contributed by atoms with Crippen LogP contribution in [0.2, 0.25) is 0 Å². The van der Waals surface area contributed by atoms with Crippen molar-refractivity contribution in [3.05, 3.63) is 0 Å². The molecule has 0 aromatic rings. The zero-order chi connectivity index (χ0) is 15.4. The predicted octanol–water partition coefficient (Wildman–Crippen LogP) is 3.45. The highest BCUT2D eigenvalue weighted by Gasteiger charge is 2.44. The number of fused-ring (bicyclic) bond motifs is 2. The number of carbonyl (C=O) groups excluding carboxylic acids is 1. The molecule has 4 nitrogen and oxygen atoms in total. The average molecular weight is 295 g/mol. The molecule has 2 rings (SSSR count). The maximum atomic E-state index is 12.8. The van der Waals surface area contributed by atoms with E-state index in [9.17, 15) is 9.59 Å². The number of carboxylic acids is 1. The van der Waals surface area contributed by atoms with Crippen LogP contribution in [0.25, 0.3) is 0 Å². The molecule has 0 aromatic heterocycles. The van der Waals surface area contributed by atoms with Gasteiger partial charge in [0.15, 0.2) is 0 Å². The summed E-state index contributed by atoms with van der Waals surface area (Å²) in [6.07, 6.45) is 8.35. The molecule has 2 heterocycles. The number of unbranched alkanes of at least 4 members (excludes halogenated alkanes) is 1. The van der Waals surface area contributed by atoms with Gasteiger partial charge in [0, 0.05) is 24.4 Å². The molecule has 2 saturated heterocycles. The van der Waals surface area contributed by atoms with Crippen molar-refractivity contribution in [1.29, 1.82) is 0 Å². The number of rotatable bonds is 7. The first-order valence-corrected chi connectivity index (χ1v) is 8.60. The second-order valence-corrected chi connectivity index (χ2v) is 6.81. The molecule has 4 heteroatoms. The van der Waals surface area contributed by atoms with Gasteiger partial charge in [-0.2, -0.15) is 0 Å². The standard InChI is InChI=1S/C17H29NO3/c1-3-5-6-13(4-2)17(21)18-14-7-8-15(18)10-12(9-14)11-16(19)20/h12-15H,3-11H2,1-2H3,(H,19,20). The van der Waals surface area contributed by atoms with Gasteiger partial charge < -0.3 is 10.0 Å². The zero-order valence-corrected chi connectivity index (χ0v) is 13.4. The van der Waals surface area contributed by atoms with Crippen molar-refractivity contribution in [2.45, 2.75) is 83.7 Å². The van der Waals surface area contributed by atoms with Crippen molar-refractivity contribution in [3.8, 4) is 0 Å². The van der Waals surface area contributed by atoms with Gasteiger partial charge >= 0.3 is 5.97 Å². The van der Waals surface area contributed by atoms with Crippen molar-refractivity contribution in [2.75, 3.05) is 0 Å². The molecule has 3 atom stereocenters. The van der Waals surface area contributed by atoms with Crippen LogP contribution in [0.3, 0.4) is 0 Å². The zero-order valence-electron chi connectivity index (χ0n) is 13.4. The summed E-state index contributed by atoms with van der Waals surface area (Å²) in [6, 6.07) is 0.604. The van der Waals surface area contributed by atoms with Crippen LogP contribution in [0.1, 0.15) is 71.6 Å². The molecule has 120 valence electrons. The molecule has 0 radical (unpaired) electrons. The fourth-order valence-corrected chi connectivity index (χ4v) is 4.23. The summed E-state index contributed by atoms with van der Waals surface area (Å²) in [4.78, 5) is 25.9. The highest BCUT2D eigenvalue weighted by atomic mass is 16.4. The van der Waals surface area contributed by atoms with Crippen molar-refractivity contribution in [3.63, 3.8) is 0 Å². The van der Waals surface area contributed by atoms with E-state index >= 15 is 0 Å². The van der Waals surface area contributed by atoms with E-state index in [2.05, 4.69) is 18.7 Å². The van der Waals surface area contributed by atoms with Gasteiger partial charge in [-0.1, -0.05) is 26.7 Å². The second-order valence-electron chi connectivity index (χ2n) is 6.81. The van der Waals surface area contributed by atoms with Gasteiger partial charge in [-0.25, -0.2) is 0 Å². The fourth-order valence-electron chi connectivity index (χ4n) is 4.23. The number of hydrogen-bond acceptors (Lipinski definition) is 2. The normalized spacial score (nSPS) is 29.4. The number of nitrogens with zero attached hydrogens (tertiary/aromatic N) is 1. The number of carboxylic acid groups (broad SMARTS) is 1. The largest absolute Gasteiger partial charge is 0.481 e. The molecule has 0 spiro atoms. The van der Waals surface area contributed by atoms with Crippen LogP contribution >= 0.6 is 0 Å². The van der Waals surface area contributed by atoms with Gasteiger partial charge in [-0.15, -0.1) is 0 Å². The molecule has 2 fully saturated rings. The summed E-state index contributed by atoms with van der Waals surface area (Å²) in [6.45, 7) is 4.27. The smallest absolute Gasteiger partial charge is 0.303 e. The van der Waals surface area contributed by atoms with Gasteiger partial charge in [-0.3, -0.25) is 9.59 Å². The summed E-state index contributed by atoms with van der Waals surface area (Å²) in [7, 11) is 0. The van der Waals surface area contributed by atoms with E-state index in [-0.39, 0.29) is 18.3 Å². The van der Waals surface area contributed by atoms with Crippen LogP contribution < -0.4 is 0 Å². The Morgan fingerprint density at radius 3 is 2.29 bits per heavy atom. The predicted molar refractivity (Wildman–Crippen MR) is 81.9 cm³/mol. The van der Waals surface area contributed by atoms with E-state index in [0.717, 1.165) is 51.4 Å². The minimum Gasteiger partial charge on any atom is -0.481 e. The minimum atomic E-state index is -0.700. The van der Waals surface area contributed by atoms with Gasteiger partial charge in [0.2, 0.25) is 5.91 Å². The Morgan fingerprint density at radius 1 is 1.19 bits per heavy atom. The maximum absolute atomic E-state index is 12.8. The fraction of sp³-hybridized carbons (Fsp3) is 0.882. The molecule has 21 heavy (non-hydrogen) atoms. The molecule has 1 amide bonds. The van der Waals surface area contributed by atoms with Crippen molar-refractivity contribution in [1.82, 2.24) is 4.90 Å². The molecule has 2 aliphatic rings. The molecular formula is C17H29NO3. The van der Waals surface area contributed by atoms with Crippen LogP contribution in [0.4, 0.5) is 0 Å². The second kappa shape index (κ2) is 7.28. The van der Waals surface area contributed by atoms with Gasteiger partial charge in [0.25, 0.3) is 0 Å². The molecule has 0 aliphatic carbocycles. The number of piperidine rings is 1. The topological polar surface area (TPSA) is 57.6 Å². The van der Waals surface area contributed by atoms with Crippen LogP contribution in [-0.4, -0.2) is 34.0 Å². The van der Waals surface area contributed by atoms with E-state index in [1.807, 2.05) is 0 Å². The summed E-state index contributed by atoms with van der Waals surface area (Å²) in [5.74, 6) is 0.0737. The minimum absolute atomic E-state index is 0.170. The first kappa shape index (κ1) is 16.3. The Labute approximate surface area is 127 Å². The SMILES string of the molecule is CCCCC(CC)C(=O)N1C2CCC1CC(CC(=O)O)C2. The Hall–Kier alpha value is -1.06. The van der Waals surface area contributed by atoms with Gasteiger partial charge in [0.05, 0.1) is 0 Å². The van der Waals surface area contributed by atoms with E-state index in [0.29, 0.717) is 18.0 Å². The first-order valence-electron chi connectivity index (χ1n) is 8.60. The van der Waals surface area contributed by atoms with E-state index in [1.54, 1.807) is 0 Å². The first-order chi connectivity index (χ1) is 10.1. The Bertz CT molecular complexity index is 368. The van der Waals surface area contributed by atoms with Crippen LogP contribution in [-0.2, 0) is 9.59 Å². The third-order valence-corrected chi connectivity index (χ3v) is 5.30. The highest BCUT2D eigenvalue weighted by molar-refractivity contribution is 5.80. The van der Waals surface area contributed by atoms with Crippen molar-refractivity contribution >= 4 is 11.9 Å². The summed E-state index contributed by atoms with van der Waals surface area (Å²) in [5.41, 5.74) is 0. The molecule has 0 aromatic carbocycles. The number of aliphatic carboxylic acids is 1. The lowest BCUT2D eigenvalue weighted by atomic mass is 9.86. The van der Waals surface area contributed by atoms with E-state index < -0.39 is 5.97 Å². The summed E-state index contributed by atoms with van der Waals surface area (Å²) in [5, 5.41) is 8.98. The number of amides is 1. The lowest BCUT2D eigenvalue weighted by Crippen LogP contribution is -2.49.